The summed E-state index contributed by atoms with van der Waals surface area (Å²) in [5.41, 5.74) is 13.5. The fourth-order valence-electron chi connectivity index (χ4n) is 7.26. The van der Waals surface area contributed by atoms with Gasteiger partial charge in [-0.3, -0.25) is 9.59 Å². The van der Waals surface area contributed by atoms with Crippen molar-refractivity contribution in [1.29, 1.82) is 0 Å². The predicted molar refractivity (Wildman–Crippen MR) is 91.3 cm³/mol. The van der Waals surface area contributed by atoms with Crippen molar-refractivity contribution in [1.82, 2.24) is 4.90 Å². The molecule has 4 bridgehead atoms. The molecule has 6 atom stereocenters. The monoisotopic (exact) mass is 359 g/mol. The molecule has 0 aromatic rings. The number of fused-ring (bicyclic) bond motifs is 1. The van der Waals surface area contributed by atoms with Gasteiger partial charge in [-0.2, -0.15) is 0 Å². The van der Waals surface area contributed by atoms with Crippen molar-refractivity contribution in [2.45, 2.75) is 75.1 Å². The fourth-order valence-corrected chi connectivity index (χ4v) is 7.26. The molecule has 26 heavy (non-hydrogen) atoms. The largest absolute Gasteiger partial charge is 0.390 e. The molecule has 6 aliphatic rings. The van der Waals surface area contributed by atoms with Crippen LogP contribution in [0.4, 0.5) is 0 Å². The highest BCUT2D eigenvalue weighted by atomic mass is 16.3. The lowest BCUT2D eigenvalue weighted by Crippen LogP contribution is -2.62. The quantitative estimate of drug-likeness (QED) is 0.447. The summed E-state index contributed by atoms with van der Waals surface area (Å²) >= 11 is 0. The van der Waals surface area contributed by atoms with Crippen LogP contribution in [0.3, 0.4) is 0 Å². The van der Waals surface area contributed by atoms with Crippen molar-refractivity contribution in [3.05, 3.63) is 10.4 Å². The summed E-state index contributed by atoms with van der Waals surface area (Å²) in [6.07, 6.45) is 6.37. The third-order valence-electron chi connectivity index (χ3n) is 7.74. The number of likely N-dealkylation sites (tertiary alicyclic amines) is 1. The van der Waals surface area contributed by atoms with E-state index in [2.05, 4.69) is 10.0 Å². The lowest BCUT2D eigenvalue weighted by molar-refractivity contribution is -0.178. The van der Waals surface area contributed by atoms with Crippen LogP contribution in [-0.4, -0.2) is 45.5 Å². The van der Waals surface area contributed by atoms with Gasteiger partial charge in [0.15, 0.2) is 0 Å². The van der Waals surface area contributed by atoms with Crippen molar-refractivity contribution in [2.24, 2.45) is 34.0 Å². The van der Waals surface area contributed by atoms with Gasteiger partial charge in [0.2, 0.25) is 11.8 Å². The third-order valence-corrected chi connectivity index (χ3v) is 7.74. The minimum atomic E-state index is -0.842. The van der Waals surface area contributed by atoms with Gasteiger partial charge < -0.3 is 15.7 Å². The van der Waals surface area contributed by atoms with Gasteiger partial charge >= 0.3 is 0 Å². The van der Waals surface area contributed by atoms with Gasteiger partial charge in [-0.15, -0.1) is 0 Å². The summed E-state index contributed by atoms with van der Waals surface area (Å²) in [5, 5.41) is 15.0. The van der Waals surface area contributed by atoms with Crippen LogP contribution in [-0.2, 0) is 9.59 Å². The fraction of sp³-hybridized carbons (Fsp3) is 0.889. The highest BCUT2D eigenvalue weighted by molar-refractivity contribution is 5.91. The molecule has 2 unspecified atom stereocenters. The molecule has 2 amide bonds. The average Bonchev–Trinajstić information content (AvgIpc) is 3.19. The lowest BCUT2D eigenvalue weighted by Gasteiger charge is -2.61. The van der Waals surface area contributed by atoms with E-state index >= 15 is 0 Å². The molecule has 5 aliphatic carbocycles. The summed E-state index contributed by atoms with van der Waals surface area (Å²) in [6.45, 7) is 0. The Kier molecular flexibility index (Phi) is 3.24. The molecule has 6 fully saturated rings. The van der Waals surface area contributed by atoms with Crippen molar-refractivity contribution >= 4 is 11.8 Å². The summed E-state index contributed by atoms with van der Waals surface area (Å²) in [6, 6.07) is -1.36. The zero-order valence-corrected chi connectivity index (χ0v) is 14.8. The van der Waals surface area contributed by atoms with Crippen LogP contribution in [0.2, 0.25) is 0 Å². The first-order valence-corrected chi connectivity index (χ1v) is 9.72. The van der Waals surface area contributed by atoms with Crippen LogP contribution in [0.5, 0.6) is 0 Å². The molecule has 0 aromatic heterocycles. The number of hydrogen-bond acceptors (Lipinski definition) is 4. The van der Waals surface area contributed by atoms with Crippen LogP contribution in [0.1, 0.15) is 51.4 Å². The maximum atomic E-state index is 13.5. The Balaban J connectivity index is 1.50. The number of nitrogens with zero attached hydrogens (tertiary/aromatic N) is 4. The first-order chi connectivity index (χ1) is 12.3. The van der Waals surface area contributed by atoms with Crippen LogP contribution in [0.25, 0.3) is 10.4 Å². The van der Waals surface area contributed by atoms with E-state index in [0.29, 0.717) is 30.6 Å². The van der Waals surface area contributed by atoms with Crippen LogP contribution < -0.4 is 5.73 Å². The van der Waals surface area contributed by atoms with Crippen molar-refractivity contribution < 1.29 is 14.7 Å². The maximum Gasteiger partial charge on any atom is 0.240 e. The maximum absolute atomic E-state index is 13.5. The van der Waals surface area contributed by atoms with E-state index in [-0.39, 0.29) is 11.9 Å². The normalized spacial score (nSPS) is 48.7. The summed E-state index contributed by atoms with van der Waals surface area (Å²) in [5.74, 6) is 0.412. The molecule has 1 saturated heterocycles. The van der Waals surface area contributed by atoms with Gasteiger partial charge in [0.25, 0.3) is 0 Å². The molecule has 1 heterocycles. The van der Waals surface area contributed by atoms with E-state index in [9.17, 15) is 20.2 Å². The van der Waals surface area contributed by atoms with E-state index in [1.807, 2.05) is 0 Å². The second-order valence-corrected chi connectivity index (χ2v) is 9.62. The Labute approximate surface area is 151 Å². The molecule has 3 N–H and O–H groups in total. The molecule has 8 nitrogen and oxygen atoms in total. The number of aliphatic hydroxyl groups is 1. The topological polar surface area (TPSA) is 132 Å². The SMILES string of the molecule is [N-]=[N+]=N[C@H](C(=O)N1[C@H](C(N)=O)C[C@@H]2C[C@@H]21)C12CC3CC(CC(O)(C3)C1)C2. The molecular formula is C18H25N5O3. The molecular weight excluding hydrogens is 334 g/mol. The van der Waals surface area contributed by atoms with Crippen molar-refractivity contribution in [3.8, 4) is 0 Å². The summed E-state index contributed by atoms with van der Waals surface area (Å²) < 4.78 is 0. The minimum absolute atomic E-state index is 0.0633. The van der Waals surface area contributed by atoms with Gasteiger partial charge in [-0.05, 0) is 80.1 Å². The molecule has 5 saturated carbocycles. The Morgan fingerprint density at radius 2 is 1.88 bits per heavy atom. The number of nitrogens with two attached hydrogens (primary N) is 1. The summed E-state index contributed by atoms with van der Waals surface area (Å²) in [4.78, 5) is 29.9. The Morgan fingerprint density at radius 3 is 2.46 bits per heavy atom. The zero-order chi connectivity index (χ0) is 18.3. The molecule has 1 aliphatic heterocycles. The van der Waals surface area contributed by atoms with Gasteiger partial charge in [0, 0.05) is 11.0 Å². The van der Waals surface area contributed by atoms with Crippen molar-refractivity contribution in [3.63, 3.8) is 0 Å². The number of primary amides is 1. The van der Waals surface area contributed by atoms with E-state index in [4.69, 9.17) is 5.73 Å². The Morgan fingerprint density at radius 1 is 1.19 bits per heavy atom. The average molecular weight is 359 g/mol. The molecule has 0 aromatic carbocycles. The molecule has 8 heteroatoms. The predicted octanol–water partition coefficient (Wildman–Crippen LogP) is 1.47. The van der Waals surface area contributed by atoms with Crippen LogP contribution in [0.15, 0.2) is 5.11 Å². The number of hydrogen-bond donors (Lipinski definition) is 2. The van der Waals surface area contributed by atoms with E-state index in [1.54, 1.807) is 4.90 Å². The highest BCUT2D eigenvalue weighted by Crippen LogP contribution is 2.64. The second-order valence-electron chi connectivity index (χ2n) is 9.62. The van der Waals surface area contributed by atoms with Crippen LogP contribution in [0, 0.1) is 23.2 Å². The smallest absolute Gasteiger partial charge is 0.240 e. The Hall–Kier alpha value is -1.79. The number of carbonyl (C=O) groups excluding carboxylic acids is 2. The first kappa shape index (κ1) is 16.4. The van der Waals surface area contributed by atoms with Crippen molar-refractivity contribution in [2.75, 3.05) is 0 Å². The Bertz CT molecular complexity index is 718. The molecule has 0 spiro atoms. The zero-order valence-electron chi connectivity index (χ0n) is 14.8. The van der Waals surface area contributed by atoms with Crippen LogP contribution >= 0.6 is 0 Å². The van der Waals surface area contributed by atoms with E-state index < -0.39 is 29.0 Å². The molecule has 0 radical (unpaired) electrons. The van der Waals surface area contributed by atoms with E-state index in [1.165, 1.54) is 0 Å². The minimum Gasteiger partial charge on any atom is -0.390 e. The van der Waals surface area contributed by atoms with Gasteiger partial charge in [-0.25, -0.2) is 0 Å². The standard InChI is InChI=1S/C18H25N5O3/c19-15(24)13-3-11-2-12(11)23(13)16(25)14(21-22-20)17-4-9-1-10(5-17)7-18(26,6-9)8-17/h9-14,26H,1-8H2,(H2,19,24)/t9?,10?,11-,12-,13-,14+,17?,18?/m0/s1. The second kappa shape index (κ2) is 5.14. The first-order valence-electron chi connectivity index (χ1n) is 9.72. The van der Waals surface area contributed by atoms with Gasteiger partial charge in [0.1, 0.15) is 12.1 Å². The molecule has 140 valence electrons. The molecule has 6 rings (SSSR count). The lowest BCUT2D eigenvalue weighted by atomic mass is 9.46. The third kappa shape index (κ3) is 2.21. The summed E-state index contributed by atoms with van der Waals surface area (Å²) in [7, 11) is 0. The highest BCUT2D eigenvalue weighted by Gasteiger charge is 2.63. The number of carbonyl (C=O) groups is 2. The van der Waals surface area contributed by atoms with E-state index in [0.717, 1.165) is 38.5 Å². The number of rotatable bonds is 4. The number of amides is 2. The van der Waals surface area contributed by atoms with Gasteiger partial charge in [0.05, 0.1) is 5.60 Å². The number of piperidine rings is 1. The number of azide groups is 1. The van der Waals surface area contributed by atoms with Gasteiger partial charge in [-0.1, -0.05) is 5.11 Å².